The first-order chi connectivity index (χ1) is 7.72. The maximum atomic E-state index is 12.0. The standard InChI is InChI=1S/C13H15ClO2/c1-2-7-16-12-6-5-10(14)8-11(12)13(15)9-3-4-9/h5-6,8-9H,2-4,7H2,1H3. The van der Waals surface area contributed by atoms with E-state index in [0.29, 0.717) is 22.9 Å². The van der Waals surface area contributed by atoms with Crippen molar-refractivity contribution in [1.29, 1.82) is 0 Å². The number of halogens is 1. The van der Waals surface area contributed by atoms with Crippen LogP contribution in [-0.4, -0.2) is 12.4 Å². The summed E-state index contributed by atoms with van der Waals surface area (Å²) >= 11 is 5.91. The van der Waals surface area contributed by atoms with E-state index in [1.165, 1.54) is 0 Å². The van der Waals surface area contributed by atoms with Gasteiger partial charge in [0, 0.05) is 10.9 Å². The van der Waals surface area contributed by atoms with Crippen molar-refractivity contribution in [2.45, 2.75) is 26.2 Å². The average Bonchev–Trinajstić information content (AvgIpc) is 3.10. The Morgan fingerprint density at radius 2 is 2.25 bits per heavy atom. The van der Waals surface area contributed by atoms with E-state index >= 15 is 0 Å². The molecule has 1 aromatic rings. The molecule has 0 spiro atoms. The molecule has 1 aliphatic rings. The first-order valence-electron chi connectivity index (χ1n) is 5.69. The van der Waals surface area contributed by atoms with Crippen LogP contribution in [0.1, 0.15) is 36.5 Å². The number of carbonyl (C=O) groups excluding carboxylic acids is 1. The van der Waals surface area contributed by atoms with Crippen molar-refractivity contribution in [2.24, 2.45) is 5.92 Å². The molecular formula is C13H15ClO2. The molecule has 1 saturated carbocycles. The lowest BCUT2D eigenvalue weighted by molar-refractivity contribution is 0.0963. The molecule has 0 heterocycles. The van der Waals surface area contributed by atoms with Crippen molar-refractivity contribution in [3.63, 3.8) is 0 Å². The number of ether oxygens (including phenoxy) is 1. The van der Waals surface area contributed by atoms with Gasteiger partial charge in [0.1, 0.15) is 5.75 Å². The minimum Gasteiger partial charge on any atom is -0.493 e. The molecule has 0 unspecified atom stereocenters. The zero-order chi connectivity index (χ0) is 11.5. The normalized spacial score (nSPS) is 14.9. The van der Waals surface area contributed by atoms with Crippen LogP contribution in [0, 0.1) is 5.92 Å². The number of hydrogen-bond acceptors (Lipinski definition) is 2. The first kappa shape index (κ1) is 11.5. The quantitative estimate of drug-likeness (QED) is 0.731. The van der Waals surface area contributed by atoms with E-state index in [2.05, 4.69) is 0 Å². The molecule has 0 amide bonds. The summed E-state index contributed by atoms with van der Waals surface area (Å²) in [5.74, 6) is 1.04. The summed E-state index contributed by atoms with van der Waals surface area (Å²) in [7, 11) is 0. The van der Waals surface area contributed by atoms with E-state index in [0.717, 1.165) is 19.3 Å². The van der Waals surface area contributed by atoms with Gasteiger partial charge in [-0.15, -0.1) is 0 Å². The lowest BCUT2D eigenvalue weighted by Gasteiger charge is -2.10. The molecule has 2 nitrogen and oxygen atoms in total. The molecule has 0 aromatic heterocycles. The summed E-state index contributed by atoms with van der Waals surface area (Å²) in [4.78, 5) is 12.0. The first-order valence-corrected chi connectivity index (χ1v) is 6.06. The molecule has 3 heteroatoms. The van der Waals surface area contributed by atoms with Gasteiger partial charge >= 0.3 is 0 Å². The zero-order valence-electron chi connectivity index (χ0n) is 9.33. The Hall–Kier alpha value is -1.02. The average molecular weight is 239 g/mol. The van der Waals surface area contributed by atoms with E-state index in [-0.39, 0.29) is 11.7 Å². The highest BCUT2D eigenvalue weighted by molar-refractivity contribution is 6.31. The van der Waals surface area contributed by atoms with E-state index in [4.69, 9.17) is 16.3 Å². The van der Waals surface area contributed by atoms with Gasteiger partial charge in [0.05, 0.1) is 12.2 Å². The van der Waals surface area contributed by atoms with Crippen LogP contribution in [0.4, 0.5) is 0 Å². The number of carbonyl (C=O) groups is 1. The summed E-state index contributed by atoms with van der Waals surface area (Å²) in [6.45, 7) is 2.67. The number of ketones is 1. The molecule has 1 aromatic carbocycles. The molecule has 0 atom stereocenters. The number of benzene rings is 1. The highest BCUT2D eigenvalue weighted by Crippen LogP contribution is 2.36. The molecule has 0 N–H and O–H groups in total. The molecule has 1 aliphatic carbocycles. The summed E-state index contributed by atoms with van der Waals surface area (Å²) in [6, 6.07) is 5.26. The Balaban J connectivity index is 2.24. The second kappa shape index (κ2) is 4.88. The Morgan fingerprint density at radius 3 is 2.88 bits per heavy atom. The number of hydrogen-bond donors (Lipinski definition) is 0. The molecular weight excluding hydrogens is 224 g/mol. The molecule has 1 fully saturated rings. The molecule has 2 rings (SSSR count). The zero-order valence-corrected chi connectivity index (χ0v) is 10.1. The third-order valence-corrected chi connectivity index (χ3v) is 2.85. The van der Waals surface area contributed by atoms with Crippen molar-refractivity contribution < 1.29 is 9.53 Å². The van der Waals surface area contributed by atoms with E-state index in [9.17, 15) is 4.79 Å². The van der Waals surface area contributed by atoms with Crippen molar-refractivity contribution in [2.75, 3.05) is 6.61 Å². The van der Waals surface area contributed by atoms with Gasteiger partial charge in [-0.05, 0) is 37.5 Å². The second-order valence-electron chi connectivity index (χ2n) is 4.13. The highest BCUT2D eigenvalue weighted by Gasteiger charge is 2.32. The van der Waals surface area contributed by atoms with Crippen LogP contribution in [0.25, 0.3) is 0 Å². The highest BCUT2D eigenvalue weighted by atomic mass is 35.5. The van der Waals surface area contributed by atoms with Gasteiger partial charge in [0.2, 0.25) is 0 Å². The summed E-state index contributed by atoms with van der Waals surface area (Å²) in [5, 5.41) is 0.591. The number of Topliss-reactive ketones (excluding diaryl/α,β-unsaturated/α-hetero) is 1. The number of rotatable bonds is 5. The van der Waals surface area contributed by atoms with E-state index in [1.54, 1.807) is 18.2 Å². The van der Waals surface area contributed by atoms with Gasteiger partial charge in [0.15, 0.2) is 5.78 Å². The second-order valence-corrected chi connectivity index (χ2v) is 4.56. The van der Waals surface area contributed by atoms with Crippen LogP contribution in [0.3, 0.4) is 0 Å². The summed E-state index contributed by atoms with van der Waals surface area (Å²) in [5.41, 5.74) is 0.642. The van der Waals surface area contributed by atoms with Gasteiger partial charge in [-0.1, -0.05) is 18.5 Å². The minimum atomic E-state index is 0.175. The van der Waals surface area contributed by atoms with Crippen molar-refractivity contribution in [1.82, 2.24) is 0 Å². The van der Waals surface area contributed by atoms with Crippen LogP contribution in [-0.2, 0) is 0 Å². The van der Waals surface area contributed by atoms with Crippen LogP contribution in [0.2, 0.25) is 5.02 Å². The van der Waals surface area contributed by atoms with E-state index < -0.39 is 0 Å². The summed E-state index contributed by atoms with van der Waals surface area (Å²) in [6.07, 6.45) is 2.93. The molecule has 86 valence electrons. The van der Waals surface area contributed by atoms with Gasteiger partial charge < -0.3 is 4.74 Å². The Bertz CT molecular complexity index is 397. The van der Waals surface area contributed by atoms with Crippen molar-refractivity contribution in [3.8, 4) is 5.75 Å². The Morgan fingerprint density at radius 1 is 1.50 bits per heavy atom. The molecule has 0 aliphatic heterocycles. The van der Waals surface area contributed by atoms with Gasteiger partial charge in [-0.2, -0.15) is 0 Å². The fourth-order valence-corrected chi connectivity index (χ4v) is 1.77. The predicted octanol–water partition coefficient (Wildman–Crippen LogP) is 3.72. The largest absolute Gasteiger partial charge is 0.493 e. The van der Waals surface area contributed by atoms with Crippen LogP contribution in [0.15, 0.2) is 18.2 Å². The monoisotopic (exact) mass is 238 g/mol. The minimum absolute atomic E-state index is 0.175. The lowest BCUT2D eigenvalue weighted by Crippen LogP contribution is -2.06. The third kappa shape index (κ3) is 2.56. The molecule has 16 heavy (non-hydrogen) atoms. The topological polar surface area (TPSA) is 26.3 Å². The fourth-order valence-electron chi connectivity index (χ4n) is 1.60. The SMILES string of the molecule is CCCOc1ccc(Cl)cc1C(=O)C1CC1. The summed E-state index contributed by atoms with van der Waals surface area (Å²) < 4.78 is 5.56. The van der Waals surface area contributed by atoms with Crippen molar-refractivity contribution >= 4 is 17.4 Å². The van der Waals surface area contributed by atoms with E-state index in [1.807, 2.05) is 6.92 Å². The Labute approximate surface area is 101 Å². The molecule has 0 bridgehead atoms. The maximum absolute atomic E-state index is 12.0. The molecule has 0 radical (unpaired) electrons. The lowest BCUT2D eigenvalue weighted by atomic mass is 10.1. The third-order valence-electron chi connectivity index (χ3n) is 2.62. The molecule has 0 saturated heterocycles. The Kier molecular flexibility index (Phi) is 3.49. The van der Waals surface area contributed by atoms with Gasteiger partial charge in [-0.25, -0.2) is 0 Å². The van der Waals surface area contributed by atoms with Crippen LogP contribution < -0.4 is 4.74 Å². The van der Waals surface area contributed by atoms with Gasteiger partial charge in [-0.3, -0.25) is 4.79 Å². The maximum Gasteiger partial charge on any atom is 0.169 e. The smallest absolute Gasteiger partial charge is 0.169 e. The van der Waals surface area contributed by atoms with Crippen LogP contribution >= 0.6 is 11.6 Å². The van der Waals surface area contributed by atoms with Crippen molar-refractivity contribution in [3.05, 3.63) is 28.8 Å². The van der Waals surface area contributed by atoms with Crippen LogP contribution in [0.5, 0.6) is 5.75 Å². The fraction of sp³-hybridized carbons (Fsp3) is 0.462. The van der Waals surface area contributed by atoms with Gasteiger partial charge in [0.25, 0.3) is 0 Å². The predicted molar refractivity (Wildman–Crippen MR) is 64.3 cm³/mol.